The van der Waals surface area contributed by atoms with E-state index in [1.807, 2.05) is 18.4 Å². The summed E-state index contributed by atoms with van der Waals surface area (Å²) in [6.45, 7) is 3.05. The summed E-state index contributed by atoms with van der Waals surface area (Å²) in [7, 11) is 4.06. The zero-order valence-electron chi connectivity index (χ0n) is 11.8. The number of rotatable bonds is 6. The summed E-state index contributed by atoms with van der Waals surface area (Å²) >= 11 is 1.82. The Kier molecular flexibility index (Phi) is 4.93. The number of likely N-dealkylation sites (N-methyl/N-ethyl adjacent to an activating group) is 1. The van der Waals surface area contributed by atoms with Crippen LogP contribution in [-0.4, -0.2) is 25.1 Å². The molecule has 0 saturated carbocycles. The molecule has 4 heteroatoms. The Morgan fingerprint density at radius 3 is 2.84 bits per heavy atom. The van der Waals surface area contributed by atoms with Gasteiger partial charge in [0.2, 0.25) is 0 Å². The molecule has 3 nitrogen and oxygen atoms in total. The molecule has 2 aromatic rings. The van der Waals surface area contributed by atoms with E-state index in [4.69, 9.17) is 0 Å². The Morgan fingerprint density at radius 2 is 2.16 bits per heavy atom. The van der Waals surface area contributed by atoms with Crippen molar-refractivity contribution in [2.24, 2.45) is 0 Å². The van der Waals surface area contributed by atoms with Crippen molar-refractivity contribution in [3.8, 4) is 0 Å². The van der Waals surface area contributed by atoms with Crippen molar-refractivity contribution in [2.75, 3.05) is 19.0 Å². The van der Waals surface area contributed by atoms with Crippen LogP contribution in [0.1, 0.15) is 17.5 Å². The minimum absolute atomic E-state index is 0.441. The second-order valence-electron chi connectivity index (χ2n) is 4.76. The van der Waals surface area contributed by atoms with E-state index < -0.39 is 0 Å². The van der Waals surface area contributed by atoms with Gasteiger partial charge in [0.25, 0.3) is 0 Å². The Labute approximate surface area is 119 Å². The molecule has 0 amide bonds. The molecule has 0 aliphatic rings. The summed E-state index contributed by atoms with van der Waals surface area (Å²) in [4.78, 5) is 8.35. The smallest absolute Gasteiger partial charge is 0.128 e. The van der Waals surface area contributed by atoms with Crippen molar-refractivity contribution < 1.29 is 0 Å². The molecular weight excluding hydrogens is 254 g/mol. The molecule has 2 rings (SSSR count). The van der Waals surface area contributed by atoms with Gasteiger partial charge in [-0.05, 0) is 37.6 Å². The Hall–Kier alpha value is -1.39. The third-order valence-electron chi connectivity index (χ3n) is 3.25. The van der Waals surface area contributed by atoms with Gasteiger partial charge in [0.15, 0.2) is 0 Å². The number of pyridine rings is 1. The van der Waals surface area contributed by atoms with E-state index in [2.05, 4.69) is 64.9 Å². The first kappa shape index (κ1) is 14.0. The second kappa shape index (κ2) is 6.68. The number of anilines is 1. The summed E-state index contributed by atoms with van der Waals surface area (Å²) in [5.74, 6) is 1.04. The monoisotopic (exact) mass is 275 g/mol. The lowest BCUT2D eigenvalue weighted by atomic mass is 10.2. The van der Waals surface area contributed by atoms with E-state index in [1.54, 1.807) is 0 Å². The molecule has 1 unspecified atom stereocenters. The number of hydrogen-bond acceptors (Lipinski definition) is 4. The fourth-order valence-electron chi connectivity index (χ4n) is 2.03. The van der Waals surface area contributed by atoms with E-state index in [0.717, 1.165) is 24.5 Å². The first-order chi connectivity index (χ1) is 9.20. The van der Waals surface area contributed by atoms with Crippen molar-refractivity contribution in [2.45, 2.75) is 25.9 Å². The molecule has 102 valence electrons. The highest BCUT2D eigenvalue weighted by Gasteiger charge is 2.12. The van der Waals surface area contributed by atoms with Crippen molar-refractivity contribution in [3.05, 3.63) is 46.3 Å². The molecule has 0 bridgehead atoms. The number of hydrogen-bond donors (Lipinski definition) is 1. The lowest BCUT2D eigenvalue weighted by Crippen LogP contribution is -2.31. The third kappa shape index (κ3) is 3.78. The predicted molar refractivity (Wildman–Crippen MR) is 82.9 cm³/mol. The number of nitrogens with zero attached hydrogens (tertiary/aromatic N) is 2. The Balaban J connectivity index is 2.05. The van der Waals surface area contributed by atoms with E-state index >= 15 is 0 Å². The third-order valence-corrected chi connectivity index (χ3v) is 4.15. The van der Waals surface area contributed by atoms with Crippen molar-refractivity contribution >= 4 is 17.2 Å². The molecule has 1 atom stereocenters. The van der Waals surface area contributed by atoms with Gasteiger partial charge >= 0.3 is 0 Å². The summed E-state index contributed by atoms with van der Waals surface area (Å²) in [6.07, 6.45) is 1.06. The van der Waals surface area contributed by atoms with Crippen LogP contribution in [0.4, 0.5) is 5.82 Å². The van der Waals surface area contributed by atoms with Crippen LogP contribution in [-0.2, 0) is 13.0 Å². The van der Waals surface area contributed by atoms with Gasteiger partial charge in [-0.1, -0.05) is 12.1 Å². The van der Waals surface area contributed by atoms with Crippen LogP contribution in [0.15, 0.2) is 35.7 Å². The van der Waals surface area contributed by atoms with Crippen LogP contribution in [0.25, 0.3) is 0 Å². The Bertz CT molecular complexity index is 496. The summed E-state index contributed by atoms with van der Waals surface area (Å²) in [5.41, 5.74) is 1.08. The second-order valence-corrected chi connectivity index (χ2v) is 5.79. The van der Waals surface area contributed by atoms with Crippen molar-refractivity contribution in [3.63, 3.8) is 0 Å². The normalized spacial score (nSPS) is 12.4. The van der Waals surface area contributed by atoms with Gasteiger partial charge in [-0.15, -0.1) is 11.3 Å². The molecule has 0 fully saturated rings. The van der Waals surface area contributed by atoms with Gasteiger partial charge in [-0.25, -0.2) is 4.98 Å². The molecule has 1 N–H and O–H groups in total. The molecular formula is C15H21N3S. The van der Waals surface area contributed by atoms with Crippen molar-refractivity contribution in [1.82, 2.24) is 10.3 Å². The first-order valence-electron chi connectivity index (χ1n) is 6.56. The van der Waals surface area contributed by atoms with E-state index in [1.165, 1.54) is 4.88 Å². The van der Waals surface area contributed by atoms with Gasteiger partial charge in [0.1, 0.15) is 5.82 Å². The van der Waals surface area contributed by atoms with Crippen LogP contribution in [0.5, 0.6) is 0 Å². The number of aromatic nitrogens is 1. The SMILES string of the molecule is CNCc1cccc(N(C)C(C)Cc2cccs2)n1. The first-order valence-corrected chi connectivity index (χ1v) is 7.44. The minimum Gasteiger partial charge on any atom is -0.357 e. The molecule has 2 aromatic heterocycles. The molecule has 2 heterocycles. The maximum absolute atomic E-state index is 4.68. The standard InChI is InChI=1S/C15H21N3S/c1-12(10-14-7-5-9-19-14)18(3)15-8-4-6-13(17-15)11-16-2/h4-9,12,16H,10-11H2,1-3H3. The quantitative estimate of drug-likeness (QED) is 0.878. The maximum atomic E-state index is 4.68. The van der Waals surface area contributed by atoms with Gasteiger partial charge in [0, 0.05) is 30.9 Å². The summed E-state index contributed by atoms with van der Waals surface area (Å²) < 4.78 is 0. The Morgan fingerprint density at radius 1 is 1.32 bits per heavy atom. The molecule has 0 radical (unpaired) electrons. The highest BCUT2D eigenvalue weighted by molar-refractivity contribution is 7.09. The summed E-state index contributed by atoms with van der Waals surface area (Å²) in [5, 5.41) is 5.27. The molecule has 0 spiro atoms. The van der Waals surface area contributed by atoms with Crippen LogP contribution >= 0.6 is 11.3 Å². The fourth-order valence-corrected chi connectivity index (χ4v) is 2.85. The highest BCUT2D eigenvalue weighted by atomic mass is 32.1. The van der Waals surface area contributed by atoms with Crippen LogP contribution in [0.2, 0.25) is 0 Å². The van der Waals surface area contributed by atoms with Gasteiger partial charge in [-0.3, -0.25) is 0 Å². The largest absolute Gasteiger partial charge is 0.357 e. The average molecular weight is 275 g/mol. The van der Waals surface area contributed by atoms with Gasteiger partial charge in [-0.2, -0.15) is 0 Å². The minimum atomic E-state index is 0.441. The number of thiophene rings is 1. The van der Waals surface area contributed by atoms with E-state index in [0.29, 0.717) is 6.04 Å². The molecule has 0 saturated heterocycles. The zero-order valence-corrected chi connectivity index (χ0v) is 12.6. The molecule has 0 aliphatic heterocycles. The summed E-state index contributed by atoms with van der Waals surface area (Å²) in [6, 6.07) is 10.9. The van der Waals surface area contributed by atoms with Crippen molar-refractivity contribution in [1.29, 1.82) is 0 Å². The van der Waals surface area contributed by atoms with E-state index in [9.17, 15) is 0 Å². The predicted octanol–water partition coefficient (Wildman–Crippen LogP) is 2.93. The molecule has 19 heavy (non-hydrogen) atoms. The molecule has 0 aromatic carbocycles. The topological polar surface area (TPSA) is 28.2 Å². The van der Waals surface area contributed by atoms with Crippen LogP contribution in [0.3, 0.4) is 0 Å². The lowest BCUT2D eigenvalue weighted by molar-refractivity contribution is 0.676. The van der Waals surface area contributed by atoms with E-state index in [-0.39, 0.29) is 0 Å². The lowest BCUT2D eigenvalue weighted by Gasteiger charge is -2.26. The fraction of sp³-hybridized carbons (Fsp3) is 0.400. The van der Waals surface area contributed by atoms with Crippen LogP contribution < -0.4 is 10.2 Å². The van der Waals surface area contributed by atoms with Gasteiger partial charge < -0.3 is 10.2 Å². The zero-order chi connectivity index (χ0) is 13.7. The average Bonchev–Trinajstić information content (AvgIpc) is 2.91. The maximum Gasteiger partial charge on any atom is 0.128 e. The van der Waals surface area contributed by atoms with Gasteiger partial charge in [0.05, 0.1) is 5.69 Å². The number of nitrogens with one attached hydrogen (secondary N) is 1. The van der Waals surface area contributed by atoms with Crippen LogP contribution in [0, 0.1) is 0 Å². The molecule has 0 aliphatic carbocycles. The highest BCUT2D eigenvalue weighted by Crippen LogP contribution is 2.18.